The van der Waals surface area contributed by atoms with Crippen LogP contribution in [0.3, 0.4) is 0 Å². The normalized spacial score (nSPS) is 22.4. The highest BCUT2D eigenvalue weighted by Crippen LogP contribution is 2.19. The largest absolute Gasteiger partial charge is 0.251 e. The first kappa shape index (κ1) is 7.90. The Labute approximate surface area is 66.3 Å². The van der Waals surface area contributed by atoms with Gasteiger partial charge in [0.1, 0.15) is 0 Å². The maximum atomic E-state index is 8.57. The van der Waals surface area contributed by atoms with E-state index in [1.165, 1.54) is 0 Å². The molecular formula is C7H12N2S. The molecule has 10 heavy (non-hydrogen) atoms. The van der Waals surface area contributed by atoms with Gasteiger partial charge in [0.05, 0.1) is 6.07 Å². The van der Waals surface area contributed by atoms with Gasteiger partial charge in [-0.05, 0) is 19.1 Å². The van der Waals surface area contributed by atoms with Crippen LogP contribution < -0.4 is 0 Å². The summed E-state index contributed by atoms with van der Waals surface area (Å²) in [5.74, 6) is 0.323. The van der Waals surface area contributed by atoms with Crippen LogP contribution in [0.5, 0.6) is 0 Å². The average Bonchev–Trinajstić information content (AvgIpc) is 2.05. The molecule has 0 spiro atoms. The molecule has 0 N–H and O–H groups in total. The Hall–Kier alpha value is -0.200. The van der Waals surface area contributed by atoms with Crippen LogP contribution in [0.4, 0.5) is 0 Å². The van der Waals surface area contributed by atoms with Crippen LogP contribution in [0.15, 0.2) is 0 Å². The van der Waals surface area contributed by atoms with Gasteiger partial charge in [-0.2, -0.15) is 5.26 Å². The fraction of sp³-hybridized carbons (Fsp3) is 0.857. The van der Waals surface area contributed by atoms with E-state index in [1.807, 2.05) is 0 Å². The van der Waals surface area contributed by atoms with E-state index in [0.717, 1.165) is 25.9 Å². The fourth-order valence-electron chi connectivity index (χ4n) is 1.17. The summed E-state index contributed by atoms with van der Waals surface area (Å²) in [7, 11) is 0. The summed E-state index contributed by atoms with van der Waals surface area (Å²) in [5.41, 5.74) is 0. The molecule has 0 bridgehead atoms. The van der Waals surface area contributed by atoms with Crippen molar-refractivity contribution in [1.29, 1.82) is 5.26 Å². The summed E-state index contributed by atoms with van der Waals surface area (Å²) in [6, 6.07) is 2.31. The van der Waals surface area contributed by atoms with Gasteiger partial charge >= 0.3 is 0 Å². The van der Waals surface area contributed by atoms with E-state index in [2.05, 4.69) is 16.6 Å². The van der Waals surface area contributed by atoms with Gasteiger partial charge in [-0.25, -0.2) is 0 Å². The molecule has 1 saturated heterocycles. The number of nitrogens with zero attached hydrogens (tertiary/aromatic N) is 2. The molecule has 56 valence electrons. The third-order valence-electron chi connectivity index (χ3n) is 1.89. The van der Waals surface area contributed by atoms with Gasteiger partial charge in [0, 0.05) is 19.0 Å². The van der Waals surface area contributed by atoms with Crippen molar-refractivity contribution in [3.05, 3.63) is 0 Å². The molecule has 1 aliphatic heterocycles. The third kappa shape index (κ3) is 1.89. The Morgan fingerprint density at radius 2 is 2.10 bits per heavy atom. The highest BCUT2D eigenvalue weighted by atomic mass is 32.2. The van der Waals surface area contributed by atoms with Crippen LogP contribution in [-0.2, 0) is 0 Å². The van der Waals surface area contributed by atoms with Crippen molar-refractivity contribution in [1.82, 2.24) is 4.31 Å². The minimum Gasteiger partial charge on any atom is -0.251 e. The van der Waals surface area contributed by atoms with Crippen LogP contribution in [0.1, 0.15) is 12.8 Å². The average molecular weight is 156 g/mol. The van der Waals surface area contributed by atoms with Gasteiger partial charge in [0.15, 0.2) is 0 Å². The third-order valence-corrected chi connectivity index (χ3v) is 2.78. The number of nitriles is 1. The monoisotopic (exact) mass is 156 g/mol. The minimum atomic E-state index is 0.323. The summed E-state index contributed by atoms with van der Waals surface area (Å²) in [6.45, 7) is 2.17. The predicted octanol–water partition coefficient (Wildman–Crippen LogP) is 1.50. The van der Waals surface area contributed by atoms with Crippen molar-refractivity contribution in [3.8, 4) is 6.07 Å². The molecule has 0 radical (unpaired) electrons. The molecule has 1 aliphatic rings. The second-order valence-corrected chi connectivity index (χ2v) is 3.40. The molecule has 2 nitrogen and oxygen atoms in total. The lowest BCUT2D eigenvalue weighted by Gasteiger charge is -2.26. The predicted molar refractivity (Wildman–Crippen MR) is 43.4 cm³/mol. The summed E-state index contributed by atoms with van der Waals surface area (Å²) in [5, 5.41) is 8.57. The Morgan fingerprint density at radius 3 is 2.50 bits per heavy atom. The Morgan fingerprint density at radius 1 is 1.50 bits per heavy atom. The van der Waals surface area contributed by atoms with Crippen molar-refractivity contribution in [2.24, 2.45) is 5.92 Å². The van der Waals surface area contributed by atoms with Crippen LogP contribution >= 0.6 is 11.9 Å². The van der Waals surface area contributed by atoms with Gasteiger partial charge < -0.3 is 0 Å². The standard InChI is InChI=1S/C7H12N2S/c1-10-9-4-2-7(6-8)3-5-9/h7H,2-5H2,1H3. The van der Waals surface area contributed by atoms with Gasteiger partial charge in [-0.1, -0.05) is 11.9 Å². The topological polar surface area (TPSA) is 27.0 Å². The molecule has 0 saturated carbocycles. The van der Waals surface area contributed by atoms with E-state index < -0.39 is 0 Å². The highest BCUT2D eigenvalue weighted by molar-refractivity contribution is 7.96. The second-order valence-electron chi connectivity index (χ2n) is 2.51. The molecule has 1 heterocycles. The summed E-state index contributed by atoms with van der Waals surface area (Å²) in [4.78, 5) is 0. The Balaban J connectivity index is 2.25. The van der Waals surface area contributed by atoms with Crippen molar-refractivity contribution in [3.63, 3.8) is 0 Å². The highest BCUT2D eigenvalue weighted by Gasteiger charge is 2.17. The van der Waals surface area contributed by atoms with Gasteiger partial charge in [-0.3, -0.25) is 4.31 Å². The smallest absolute Gasteiger partial charge is 0.0656 e. The zero-order chi connectivity index (χ0) is 7.40. The van der Waals surface area contributed by atoms with Gasteiger partial charge in [0.2, 0.25) is 0 Å². The lowest BCUT2D eigenvalue weighted by atomic mass is 10.0. The molecular weight excluding hydrogens is 144 g/mol. The first-order valence-electron chi connectivity index (χ1n) is 3.55. The van der Waals surface area contributed by atoms with E-state index >= 15 is 0 Å². The second kappa shape index (κ2) is 3.85. The van der Waals surface area contributed by atoms with Gasteiger partial charge in [0.25, 0.3) is 0 Å². The lowest BCUT2D eigenvalue weighted by molar-refractivity contribution is 0.335. The lowest BCUT2D eigenvalue weighted by Crippen LogP contribution is -2.27. The molecule has 0 aromatic heterocycles. The molecule has 0 atom stereocenters. The van der Waals surface area contributed by atoms with Crippen molar-refractivity contribution in [2.75, 3.05) is 19.3 Å². The summed E-state index contributed by atoms with van der Waals surface area (Å²) >= 11 is 1.78. The van der Waals surface area contributed by atoms with Gasteiger partial charge in [-0.15, -0.1) is 0 Å². The van der Waals surface area contributed by atoms with E-state index in [9.17, 15) is 0 Å². The number of piperidine rings is 1. The minimum absolute atomic E-state index is 0.323. The number of hydrogen-bond donors (Lipinski definition) is 0. The first-order chi connectivity index (χ1) is 4.86. The molecule has 0 amide bonds. The van der Waals surface area contributed by atoms with Crippen molar-refractivity contribution >= 4 is 11.9 Å². The maximum absolute atomic E-state index is 8.57. The van der Waals surface area contributed by atoms with E-state index in [4.69, 9.17) is 5.26 Å². The van der Waals surface area contributed by atoms with E-state index in [0.29, 0.717) is 5.92 Å². The number of rotatable bonds is 1. The van der Waals surface area contributed by atoms with E-state index in [1.54, 1.807) is 11.9 Å². The Bertz CT molecular complexity index is 133. The molecule has 0 aliphatic carbocycles. The molecule has 1 rings (SSSR count). The fourth-order valence-corrected chi connectivity index (χ4v) is 1.74. The molecule has 1 fully saturated rings. The van der Waals surface area contributed by atoms with E-state index in [-0.39, 0.29) is 0 Å². The summed E-state index contributed by atoms with van der Waals surface area (Å²) in [6.07, 6.45) is 4.20. The molecule has 0 aromatic rings. The van der Waals surface area contributed by atoms with Crippen molar-refractivity contribution < 1.29 is 0 Å². The van der Waals surface area contributed by atoms with Crippen LogP contribution in [0.25, 0.3) is 0 Å². The quantitative estimate of drug-likeness (QED) is 0.538. The maximum Gasteiger partial charge on any atom is 0.0656 e. The molecule has 0 aromatic carbocycles. The van der Waals surface area contributed by atoms with Crippen LogP contribution in [0, 0.1) is 17.2 Å². The first-order valence-corrected chi connectivity index (χ1v) is 4.73. The SMILES string of the molecule is CSN1CCC(C#N)CC1. The van der Waals surface area contributed by atoms with Crippen LogP contribution in [-0.4, -0.2) is 23.7 Å². The molecule has 0 unspecified atom stereocenters. The zero-order valence-electron chi connectivity index (χ0n) is 6.21. The Kier molecular flexibility index (Phi) is 3.04. The molecule has 3 heteroatoms. The zero-order valence-corrected chi connectivity index (χ0v) is 7.02. The van der Waals surface area contributed by atoms with Crippen molar-refractivity contribution in [2.45, 2.75) is 12.8 Å². The van der Waals surface area contributed by atoms with Crippen LogP contribution in [0.2, 0.25) is 0 Å². The summed E-state index contributed by atoms with van der Waals surface area (Å²) < 4.78 is 2.31. The number of hydrogen-bond acceptors (Lipinski definition) is 3.